The van der Waals surface area contributed by atoms with Crippen LogP contribution in [-0.2, 0) is 9.47 Å². The van der Waals surface area contributed by atoms with Crippen molar-refractivity contribution >= 4 is 0 Å². The largest absolute Gasteiger partial charge is 0.348 e. The molecule has 1 rings (SSSR count). The molecular formula is C7H13O2. The molecule has 0 N–H and O–H groups in total. The third kappa shape index (κ3) is 1.66. The molecule has 0 aromatic heterocycles. The molecule has 0 aliphatic carbocycles. The van der Waals surface area contributed by atoms with E-state index in [-0.39, 0.29) is 5.79 Å². The fraction of sp³-hybridized carbons (Fsp3) is 0.857. The van der Waals surface area contributed by atoms with E-state index in [1.165, 1.54) is 0 Å². The van der Waals surface area contributed by atoms with Crippen molar-refractivity contribution in [3.8, 4) is 0 Å². The molecule has 0 bridgehead atoms. The zero-order valence-electron chi connectivity index (χ0n) is 6.02. The Hall–Kier alpha value is -0.0800. The molecule has 0 amide bonds. The van der Waals surface area contributed by atoms with Crippen LogP contribution in [0.5, 0.6) is 0 Å². The van der Waals surface area contributed by atoms with Gasteiger partial charge in [0.2, 0.25) is 0 Å². The van der Waals surface area contributed by atoms with Gasteiger partial charge in [-0.05, 0) is 13.3 Å². The van der Waals surface area contributed by atoms with Gasteiger partial charge < -0.3 is 9.47 Å². The monoisotopic (exact) mass is 129 g/mol. The average molecular weight is 129 g/mol. The van der Waals surface area contributed by atoms with E-state index < -0.39 is 0 Å². The zero-order chi connectivity index (χ0) is 6.74. The van der Waals surface area contributed by atoms with E-state index in [0.29, 0.717) is 0 Å². The standard InChI is InChI=1S/C7H13O2/c1-3-4-7(2)8-5-6-9-7/h3H,4-6H2,1-2H3. The number of rotatable bonds is 2. The quantitative estimate of drug-likeness (QED) is 0.560. The Balaban J connectivity index is 2.32. The number of hydrogen-bond donors (Lipinski definition) is 0. The van der Waals surface area contributed by atoms with Crippen LogP contribution in [-0.4, -0.2) is 19.0 Å². The molecule has 1 heterocycles. The minimum Gasteiger partial charge on any atom is -0.348 e. The third-order valence-corrected chi connectivity index (χ3v) is 1.47. The van der Waals surface area contributed by atoms with E-state index in [4.69, 9.17) is 9.47 Å². The fourth-order valence-electron chi connectivity index (χ4n) is 1.05. The molecule has 2 heteroatoms. The first-order chi connectivity index (χ1) is 4.27. The van der Waals surface area contributed by atoms with Crippen LogP contribution >= 0.6 is 0 Å². The van der Waals surface area contributed by atoms with Gasteiger partial charge in [0.05, 0.1) is 13.2 Å². The second-order valence-corrected chi connectivity index (χ2v) is 2.44. The first-order valence-corrected chi connectivity index (χ1v) is 3.32. The normalized spacial score (nSPS) is 24.7. The van der Waals surface area contributed by atoms with Gasteiger partial charge in [0.1, 0.15) is 0 Å². The summed E-state index contributed by atoms with van der Waals surface area (Å²) in [5.41, 5.74) is 0. The van der Waals surface area contributed by atoms with Crippen LogP contribution in [0.15, 0.2) is 0 Å². The first kappa shape index (κ1) is 7.03. The molecule has 53 valence electrons. The Kier molecular flexibility index (Phi) is 2.09. The predicted octanol–water partition coefficient (Wildman–Crippen LogP) is 1.36. The maximum atomic E-state index is 5.33. The molecule has 1 fully saturated rings. The van der Waals surface area contributed by atoms with Crippen molar-refractivity contribution in [2.45, 2.75) is 26.1 Å². The minimum absolute atomic E-state index is 0.311. The van der Waals surface area contributed by atoms with Crippen molar-refractivity contribution in [3.05, 3.63) is 6.42 Å². The van der Waals surface area contributed by atoms with Crippen LogP contribution in [0.25, 0.3) is 0 Å². The average Bonchev–Trinajstić information content (AvgIpc) is 2.16. The molecule has 0 aromatic rings. The highest BCUT2D eigenvalue weighted by atomic mass is 16.7. The van der Waals surface area contributed by atoms with Gasteiger partial charge in [-0.15, -0.1) is 0 Å². The maximum Gasteiger partial charge on any atom is 0.166 e. The lowest BCUT2D eigenvalue weighted by Crippen LogP contribution is -2.24. The lowest BCUT2D eigenvalue weighted by Gasteiger charge is -2.20. The molecule has 1 aliphatic rings. The molecule has 1 saturated heterocycles. The zero-order valence-corrected chi connectivity index (χ0v) is 6.02. The summed E-state index contributed by atoms with van der Waals surface area (Å²) < 4.78 is 10.7. The lowest BCUT2D eigenvalue weighted by atomic mass is 10.2. The summed E-state index contributed by atoms with van der Waals surface area (Å²) in [5, 5.41) is 0. The number of ether oxygens (including phenoxy) is 2. The predicted molar refractivity (Wildman–Crippen MR) is 34.9 cm³/mol. The molecule has 0 atom stereocenters. The lowest BCUT2D eigenvalue weighted by molar-refractivity contribution is -0.140. The molecule has 0 saturated carbocycles. The summed E-state index contributed by atoms with van der Waals surface area (Å²) in [7, 11) is 0. The van der Waals surface area contributed by atoms with E-state index in [1.807, 2.05) is 13.8 Å². The van der Waals surface area contributed by atoms with Gasteiger partial charge in [-0.25, -0.2) is 0 Å². The van der Waals surface area contributed by atoms with E-state index in [9.17, 15) is 0 Å². The van der Waals surface area contributed by atoms with Gasteiger partial charge in [0, 0.05) is 6.42 Å². The number of hydrogen-bond acceptors (Lipinski definition) is 2. The van der Waals surface area contributed by atoms with Crippen molar-refractivity contribution in [1.82, 2.24) is 0 Å². The molecule has 0 aromatic carbocycles. The molecule has 0 spiro atoms. The Bertz CT molecular complexity index is 84.9. The molecule has 1 aliphatic heterocycles. The van der Waals surface area contributed by atoms with Gasteiger partial charge >= 0.3 is 0 Å². The van der Waals surface area contributed by atoms with Crippen molar-refractivity contribution in [3.63, 3.8) is 0 Å². The third-order valence-electron chi connectivity index (χ3n) is 1.47. The van der Waals surface area contributed by atoms with E-state index >= 15 is 0 Å². The second-order valence-electron chi connectivity index (χ2n) is 2.44. The summed E-state index contributed by atoms with van der Waals surface area (Å²) in [4.78, 5) is 0. The highest BCUT2D eigenvalue weighted by Gasteiger charge is 2.29. The van der Waals surface area contributed by atoms with Crippen molar-refractivity contribution in [2.75, 3.05) is 13.2 Å². The van der Waals surface area contributed by atoms with Crippen LogP contribution in [0.4, 0.5) is 0 Å². The van der Waals surface area contributed by atoms with Crippen molar-refractivity contribution in [1.29, 1.82) is 0 Å². The van der Waals surface area contributed by atoms with Gasteiger partial charge in [0.15, 0.2) is 5.79 Å². The molecule has 1 radical (unpaired) electrons. The Morgan fingerprint density at radius 2 is 2.00 bits per heavy atom. The highest BCUT2D eigenvalue weighted by Crippen LogP contribution is 2.22. The summed E-state index contributed by atoms with van der Waals surface area (Å²) in [5.74, 6) is -0.311. The van der Waals surface area contributed by atoms with Gasteiger partial charge in [-0.2, -0.15) is 0 Å². The Labute approximate surface area is 56.2 Å². The second kappa shape index (κ2) is 2.67. The minimum atomic E-state index is -0.311. The molecular weight excluding hydrogens is 116 g/mol. The summed E-state index contributed by atoms with van der Waals surface area (Å²) in [6.45, 7) is 5.46. The van der Waals surface area contributed by atoms with Gasteiger partial charge in [-0.1, -0.05) is 6.92 Å². The Morgan fingerprint density at radius 1 is 1.44 bits per heavy atom. The molecule has 9 heavy (non-hydrogen) atoms. The van der Waals surface area contributed by atoms with Crippen molar-refractivity contribution < 1.29 is 9.47 Å². The molecule has 0 unspecified atom stereocenters. The summed E-state index contributed by atoms with van der Waals surface area (Å²) in [6.07, 6.45) is 2.94. The van der Waals surface area contributed by atoms with E-state index in [0.717, 1.165) is 19.6 Å². The van der Waals surface area contributed by atoms with E-state index in [1.54, 1.807) is 0 Å². The smallest absolute Gasteiger partial charge is 0.166 e. The van der Waals surface area contributed by atoms with Crippen LogP contribution in [0.2, 0.25) is 0 Å². The SMILES string of the molecule is C[CH]CC1(C)OCCO1. The van der Waals surface area contributed by atoms with Crippen LogP contribution in [0, 0.1) is 6.42 Å². The first-order valence-electron chi connectivity index (χ1n) is 3.32. The van der Waals surface area contributed by atoms with Crippen LogP contribution in [0.3, 0.4) is 0 Å². The topological polar surface area (TPSA) is 18.5 Å². The summed E-state index contributed by atoms with van der Waals surface area (Å²) in [6, 6.07) is 0. The van der Waals surface area contributed by atoms with Crippen molar-refractivity contribution in [2.24, 2.45) is 0 Å². The van der Waals surface area contributed by atoms with Crippen LogP contribution < -0.4 is 0 Å². The molecule has 2 nitrogen and oxygen atoms in total. The van der Waals surface area contributed by atoms with Gasteiger partial charge in [-0.3, -0.25) is 0 Å². The van der Waals surface area contributed by atoms with Crippen LogP contribution in [0.1, 0.15) is 20.3 Å². The van der Waals surface area contributed by atoms with E-state index in [2.05, 4.69) is 6.42 Å². The highest BCUT2D eigenvalue weighted by molar-refractivity contribution is 4.74. The Morgan fingerprint density at radius 3 is 2.44 bits per heavy atom. The van der Waals surface area contributed by atoms with Gasteiger partial charge in [0.25, 0.3) is 0 Å². The maximum absolute atomic E-state index is 5.33. The fourth-order valence-corrected chi connectivity index (χ4v) is 1.05. The summed E-state index contributed by atoms with van der Waals surface area (Å²) >= 11 is 0.